The second-order valence-corrected chi connectivity index (χ2v) is 7.71. The first-order chi connectivity index (χ1) is 13.9. The van der Waals surface area contributed by atoms with Crippen LogP contribution in [0.3, 0.4) is 0 Å². The van der Waals surface area contributed by atoms with Crippen LogP contribution in [-0.4, -0.2) is 36.1 Å². The molecule has 29 heavy (non-hydrogen) atoms. The second-order valence-electron chi connectivity index (χ2n) is 7.71. The fourth-order valence-electron chi connectivity index (χ4n) is 3.59. The molecule has 0 spiro atoms. The number of pyridine rings is 1. The number of H-pyrrole nitrogens is 1. The van der Waals surface area contributed by atoms with Gasteiger partial charge < -0.3 is 14.6 Å². The standard InChI is InChI=1S/C24H25N3O2/c1-14(2)27(4)22-13-19-12-17(24(28)29-5)7-9-21(19)26-23(22)16-6-8-20-18(11-16)10-15(3)25-20/h6-14,25H,1-5H3. The average Bonchev–Trinajstić information content (AvgIpc) is 3.10. The normalized spacial score (nSPS) is 11.4. The Morgan fingerprint density at radius 2 is 1.86 bits per heavy atom. The first-order valence-electron chi connectivity index (χ1n) is 9.73. The molecule has 0 amide bonds. The topological polar surface area (TPSA) is 58.2 Å². The third kappa shape index (κ3) is 3.44. The third-order valence-electron chi connectivity index (χ3n) is 5.40. The summed E-state index contributed by atoms with van der Waals surface area (Å²) >= 11 is 0. The van der Waals surface area contributed by atoms with Crippen molar-refractivity contribution in [2.75, 3.05) is 19.1 Å². The quantitative estimate of drug-likeness (QED) is 0.481. The summed E-state index contributed by atoms with van der Waals surface area (Å²) in [6.07, 6.45) is 0. The zero-order valence-corrected chi connectivity index (χ0v) is 17.4. The highest BCUT2D eigenvalue weighted by atomic mass is 16.5. The summed E-state index contributed by atoms with van der Waals surface area (Å²) in [5.74, 6) is -0.344. The van der Waals surface area contributed by atoms with Crippen LogP contribution in [0.4, 0.5) is 5.69 Å². The van der Waals surface area contributed by atoms with Crippen LogP contribution in [0.15, 0.2) is 48.5 Å². The molecule has 0 atom stereocenters. The van der Waals surface area contributed by atoms with Gasteiger partial charge in [-0.3, -0.25) is 0 Å². The zero-order chi connectivity index (χ0) is 20.7. The molecule has 0 radical (unpaired) electrons. The minimum atomic E-state index is -0.344. The molecule has 5 heteroatoms. The highest BCUT2D eigenvalue weighted by Gasteiger charge is 2.17. The van der Waals surface area contributed by atoms with Crippen molar-refractivity contribution >= 4 is 33.5 Å². The SMILES string of the molecule is COC(=O)c1ccc2nc(-c3ccc4[nH]c(C)cc4c3)c(N(C)C(C)C)cc2c1. The van der Waals surface area contributed by atoms with E-state index in [1.807, 2.05) is 12.1 Å². The van der Waals surface area contributed by atoms with E-state index in [-0.39, 0.29) is 5.97 Å². The highest BCUT2D eigenvalue weighted by Crippen LogP contribution is 2.34. The summed E-state index contributed by atoms with van der Waals surface area (Å²) in [5, 5.41) is 2.08. The molecule has 0 unspecified atom stereocenters. The maximum atomic E-state index is 11.9. The van der Waals surface area contributed by atoms with Crippen LogP contribution in [0.5, 0.6) is 0 Å². The van der Waals surface area contributed by atoms with Crippen molar-refractivity contribution in [1.82, 2.24) is 9.97 Å². The molecule has 0 aliphatic heterocycles. The van der Waals surface area contributed by atoms with Gasteiger partial charge in [-0.05, 0) is 63.2 Å². The van der Waals surface area contributed by atoms with E-state index in [1.165, 1.54) is 12.5 Å². The predicted octanol–water partition coefficient (Wildman–Crippen LogP) is 5.32. The summed E-state index contributed by atoms with van der Waals surface area (Å²) < 4.78 is 4.86. The molecule has 0 aliphatic carbocycles. The van der Waals surface area contributed by atoms with E-state index in [1.54, 1.807) is 6.07 Å². The zero-order valence-electron chi connectivity index (χ0n) is 17.4. The van der Waals surface area contributed by atoms with Crippen molar-refractivity contribution in [3.63, 3.8) is 0 Å². The third-order valence-corrected chi connectivity index (χ3v) is 5.40. The van der Waals surface area contributed by atoms with Crippen LogP contribution < -0.4 is 4.90 Å². The molecule has 2 aromatic heterocycles. The number of benzene rings is 2. The van der Waals surface area contributed by atoms with Crippen LogP contribution in [0.2, 0.25) is 0 Å². The summed E-state index contributed by atoms with van der Waals surface area (Å²) in [7, 11) is 3.46. The summed E-state index contributed by atoms with van der Waals surface area (Å²) in [4.78, 5) is 22.5. The predicted molar refractivity (Wildman–Crippen MR) is 119 cm³/mol. The lowest BCUT2D eigenvalue weighted by Crippen LogP contribution is -2.26. The molecule has 0 saturated heterocycles. The van der Waals surface area contributed by atoms with Crippen LogP contribution in [-0.2, 0) is 4.74 Å². The molecule has 0 fully saturated rings. The minimum absolute atomic E-state index is 0.301. The Bertz CT molecular complexity index is 1220. The van der Waals surface area contributed by atoms with Crippen molar-refractivity contribution in [3.05, 3.63) is 59.8 Å². The Balaban J connectivity index is 1.94. The number of aryl methyl sites for hydroxylation is 1. The van der Waals surface area contributed by atoms with Crippen LogP contribution >= 0.6 is 0 Å². The maximum Gasteiger partial charge on any atom is 0.337 e. The molecule has 148 valence electrons. The van der Waals surface area contributed by atoms with Gasteiger partial charge in [-0.1, -0.05) is 6.07 Å². The highest BCUT2D eigenvalue weighted by molar-refractivity contribution is 5.97. The van der Waals surface area contributed by atoms with E-state index in [4.69, 9.17) is 9.72 Å². The first-order valence-corrected chi connectivity index (χ1v) is 9.73. The lowest BCUT2D eigenvalue weighted by Gasteiger charge is -2.26. The number of aromatic nitrogens is 2. The van der Waals surface area contributed by atoms with Gasteiger partial charge in [-0.2, -0.15) is 0 Å². The van der Waals surface area contributed by atoms with Gasteiger partial charge in [0.05, 0.1) is 29.6 Å². The molecular weight excluding hydrogens is 362 g/mol. The smallest absolute Gasteiger partial charge is 0.337 e. The summed E-state index contributed by atoms with van der Waals surface area (Å²) in [5.41, 5.74) is 6.65. The summed E-state index contributed by atoms with van der Waals surface area (Å²) in [6, 6.07) is 16.4. The Kier molecular flexibility index (Phi) is 4.74. The van der Waals surface area contributed by atoms with Gasteiger partial charge in [0.15, 0.2) is 0 Å². The Hall–Kier alpha value is -3.34. The number of methoxy groups -OCH3 is 1. The van der Waals surface area contributed by atoms with Crippen molar-refractivity contribution in [2.45, 2.75) is 26.8 Å². The van der Waals surface area contributed by atoms with Gasteiger partial charge in [0.2, 0.25) is 0 Å². The largest absolute Gasteiger partial charge is 0.465 e. The molecule has 0 aliphatic rings. The molecule has 4 rings (SSSR count). The fourth-order valence-corrected chi connectivity index (χ4v) is 3.59. The van der Waals surface area contributed by atoms with Gasteiger partial charge >= 0.3 is 5.97 Å². The number of nitrogens with zero attached hydrogens (tertiary/aromatic N) is 2. The number of rotatable bonds is 4. The number of hydrogen-bond acceptors (Lipinski definition) is 4. The van der Waals surface area contributed by atoms with Crippen LogP contribution in [0, 0.1) is 6.92 Å². The lowest BCUT2D eigenvalue weighted by atomic mass is 10.0. The van der Waals surface area contributed by atoms with Crippen molar-refractivity contribution < 1.29 is 9.53 Å². The molecule has 0 bridgehead atoms. The minimum Gasteiger partial charge on any atom is -0.465 e. The van der Waals surface area contributed by atoms with Crippen molar-refractivity contribution in [2.24, 2.45) is 0 Å². The molecule has 2 aromatic carbocycles. The van der Waals surface area contributed by atoms with E-state index in [0.29, 0.717) is 11.6 Å². The number of aromatic amines is 1. The molecule has 5 nitrogen and oxygen atoms in total. The number of hydrogen-bond donors (Lipinski definition) is 1. The van der Waals surface area contributed by atoms with E-state index in [9.17, 15) is 4.79 Å². The summed E-state index contributed by atoms with van der Waals surface area (Å²) in [6.45, 7) is 6.36. The molecule has 1 N–H and O–H groups in total. The van der Waals surface area contributed by atoms with Crippen LogP contribution in [0.1, 0.15) is 29.9 Å². The monoisotopic (exact) mass is 387 g/mol. The number of ether oxygens (including phenoxy) is 1. The van der Waals surface area contributed by atoms with Crippen molar-refractivity contribution in [1.29, 1.82) is 0 Å². The number of carbonyl (C=O) groups is 1. The van der Waals surface area contributed by atoms with Gasteiger partial charge in [0.1, 0.15) is 0 Å². The first kappa shape index (κ1) is 19.0. The number of anilines is 1. The number of fused-ring (bicyclic) bond motifs is 2. The Morgan fingerprint density at radius 1 is 1.07 bits per heavy atom. The Morgan fingerprint density at radius 3 is 2.59 bits per heavy atom. The van der Waals surface area contributed by atoms with Gasteiger partial charge in [0.25, 0.3) is 0 Å². The van der Waals surface area contributed by atoms with Gasteiger partial charge in [-0.15, -0.1) is 0 Å². The number of esters is 1. The van der Waals surface area contributed by atoms with E-state index < -0.39 is 0 Å². The Labute approximate surface area is 170 Å². The number of nitrogens with one attached hydrogen (secondary N) is 1. The van der Waals surface area contributed by atoms with Gasteiger partial charge in [-0.25, -0.2) is 9.78 Å². The number of carbonyl (C=O) groups excluding carboxylic acids is 1. The van der Waals surface area contributed by atoms with E-state index in [0.717, 1.165) is 39.1 Å². The maximum absolute atomic E-state index is 11.9. The molecular formula is C24H25N3O2. The second kappa shape index (κ2) is 7.24. The van der Waals surface area contributed by atoms with E-state index in [2.05, 4.69) is 68.0 Å². The van der Waals surface area contributed by atoms with Crippen molar-refractivity contribution in [3.8, 4) is 11.3 Å². The fraction of sp³-hybridized carbons (Fsp3) is 0.250. The van der Waals surface area contributed by atoms with E-state index >= 15 is 0 Å². The van der Waals surface area contributed by atoms with Gasteiger partial charge in [0, 0.05) is 40.6 Å². The molecule has 2 heterocycles. The average molecular weight is 387 g/mol. The lowest BCUT2D eigenvalue weighted by molar-refractivity contribution is 0.0601. The molecule has 4 aromatic rings. The molecule has 0 saturated carbocycles. The van der Waals surface area contributed by atoms with Crippen LogP contribution in [0.25, 0.3) is 33.1 Å².